The summed E-state index contributed by atoms with van der Waals surface area (Å²) in [4.78, 5) is 32.3. The third-order valence-corrected chi connectivity index (χ3v) is 6.36. The quantitative estimate of drug-likeness (QED) is 0.464. The SMILES string of the molecule is COc1ncc(F)c([C@H](C)C(=O)N2CCCCc3cc(-c4nc5ccccn5n4)c(C)nc3NC2)n1. The van der Waals surface area contributed by atoms with E-state index in [4.69, 9.17) is 9.72 Å². The van der Waals surface area contributed by atoms with E-state index < -0.39 is 11.7 Å². The summed E-state index contributed by atoms with van der Waals surface area (Å²) in [6, 6.07) is 7.86. The number of carbonyl (C=O) groups excluding carboxylic acids is 1. The highest BCUT2D eigenvalue weighted by Crippen LogP contribution is 2.28. The minimum absolute atomic E-state index is 0.0192. The monoisotopic (exact) mass is 490 g/mol. The minimum atomic E-state index is -0.790. The summed E-state index contributed by atoms with van der Waals surface area (Å²) >= 11 is 0. The van der Waals surface area contributed by atoms with Gasteiger partial charge in [-0.25, -0.2) is 23.9 Å². The molecule has 1 aliphatic rings. The molecule has 0 bridgehead atoms. The lowest BCUT2D eigenvalue weighted by Crippen LogP contribution is -2.39. The Morgan fingerprint density at radius 3 is 2.89 bits per heavy atom. The molecule has 0 unspecified atom stereocenters. The fourth-order valence-electron chi connectivity index (χ4n) is 4.37. The van der Waals surface area contributed by atoms with E-state index in [9.17, 15) is 9.18 Å². The lowest BCUT2D eigenvalue weighted by molar-refractivity contribution is -0.132. The van der Waals surface area contributed by atoms with E-state index >= 15 is 0 Å². The number of methoxy groups -OCH3 is 1. The van der Waals surface area contributed by atoms with Gasteiger partial charge in [0.2, 0.25) is 5.91 Å². The first kappa shape index (κ1) is 23.6. The summed E-state index contributed by atoms with van der Waals surface area (Å²) in [5.41, 5.74) is 3.51. The van der Waals surface area contributed by atoms with E-state index in [0.29, 0.717) is 12.4 Å². The number of hydrogen-bond donors (Lipinski definition) is 1. The molecule has 5 heterocycles. The molecule has 0 saturated heterocycles. The molecule has 4 aromatic heterocycles. The van der Waals surface area contributed by atoms with Crippen LogP contribution in [0.3, 0.4) is 0 Å². The smallest absolute Gasteiger partial charge is 0.316 e. The molecule has 10 nitrogen and oxygen atoms in total. The van der Waals surface area contributed by atoms with E-state index in [-0.39, 0.29) is 24.3 Å². The molecule has 0 aromatic carbocycles. The molecule has 1 N–H and O–H groups in total. The van der Waals surface area contributed by atoms with Crippen molar-refractivity contribution in [1.82, 2.24) is 34.4 Å². The fraction of sp³-hybridized carbons (Fsp3) is 0.360. The Hall–Kier alpha value is -4.15. The first-order valence-corrected chi connectivity index (χ1v) is 11.9. The van der Waals surface area contributed by atoms with Crippen LogP contribution in [0.1, 0.15) is 42.6 Å². The lowest BCUT2D eigenvalue weighted by Gasteiger charge is -2.26. The summed E-state index contributed by atoms with van der Waals surface area (Å²) in [7, 11) is 1.40. The third kappa shape index (κ3) is 4.56. The molecular weight excluding hydrogens is 463 g/mol. The topological polar surface area (TPSA) is 110 Å². The molecule has 1 amide bonds. The molecule has 1 atom stereocenters. The fourth-order valence-corrected chi connectivity index (χ4v) is 4.37. The average molecular weight is 491 g/mol. The molecule has 0 spiro atoms. The van der Waals surface area contributed by atoms with Crippen LogP contribution in [-0.2, 0) is 11.2 Å². The number of halogens is 1. The van der Waals surface area contributed by atoms with Crippen molar-refractivity contribution in [2.75, 3.05) is 25.6 Å². The summed E-state index contributed by atoms with van der Waals surface area (Å²) in [6.07, 6.45) is 5.35. The Morgan fingerprint density at radius 2 is 2.08 bits per heavy atom. The van der Waals surface area contributed by atoms with Gasteiger partial charge in [-0.05, 0) is 56.9 Å². The standard InChI is InChI=1S/C25H27FN8O2/c1-15(21-19(26)13-27-25(31-21)36-3)24(35)33-10-6-4-8-17-12-18(16(2)29-22(17)28-14-33)23-30-20-9-5-7-11-34(20)32-23/h5,7,9,11-13,15H,4,6,8,10,14H2,1-3H3,(H,28,29)/t15-/m0/s1. The second-order valence-electron chi connectivity index (χ2n) is 8.77. The van der Waals surface area contributed by atoms with Gasteiger partial charge in [-0.3, -0.25) is 4.79 Å². The van der Waals surface area contributed by atoms with E-state index in [1.807, 2.05) is 31.3 Å². The molecule has 11 heteroatoms. The predicted octanol–water partition coefficient (Wildman–Crippen LogP) is 3.38. The number of hydrogen-bond acceptors (Lipinski definition) is 8. The highest BCUT2D eigenvalue weighted by Gasteiger charge is 2.27. The summed E-state index contributed by atoms with van der Waals surface area (Å²) < 4.78 is 21.1. The van der Waals surface area contributed by atoms with E-state index in [0.717, 1.165) is 53.7 Å². The highest BCUT2D eigenvalue weighted by atomic mass is 19.1. The molecule has 0 radical (unpaired) electrons. The van der Waals surface area contributed by atoms with Gasteiger partial charge in [-0.1, -0.05) is 6.07 Å². The van der Waals surface area contributed by atoms with Gasteiger partial charge in [0, 0.05) is 18.3 Å². The zero-order chi connectivity index (χ0) is 25.2. The van der Waals surface area contributed by atoms with Crippen LogP contribution in [0.15, 0.2) is 36.7 Å². The number of fused-ring (bicyclic) bond motifs is 2. The van der Waals surface area contributed by atoms with Crippen molar-refractivity contribution in [3.05, 3.63) is 59.4 Å². The van der Waals surface area contributed by atoms with Crippen molar-refractivity contribution in [2.24, 2.45) is 0 Å². The number of rotatable bonds is 4. The largest absolute Gasteiger partial charge is 0.467 e. The van der Waals surface area contributed by atoms with Crippen molar-refractivity contribution in [2.45, 2.75) is 39.0 Å². The Labute approximate surface area is 207 Å². The number of amides is 1. The number of anilines is 1. The number of ether oxygens (including phenoxy) is 1. The molecule has 5 rings (SSSR count). The number of nitrogens with zero attached hydrogens (tertiary/aromatic N) is 7. The van der Waals surface area contributed by atoms with Gasteiger partial charge in [-0.15, -0.1) is 5.10 Å². The first-order chi connectivity index (χ1) is 17.4. The summed E-state index contributed by atoms with van der Waals surface area (Å²) in [5, 5.41) is 7.92. The third-order valence-electron chi connectivity index (χ3n) is 6.36. The van der Waals surface area contributed by atoms with Gasteiger partial charge in [0.25, 0.3) is 0 Å². The molecule has 0 aliphatic carbocycles. The Balaban J connectivity index is 1.38. The Morgan fingerprint density at radius 1 is 1.22 bits per heavy atom. The van der Waals surface area contributed by atoms with Crippen LogP contribution in [0.5, 0.6) is 6.01 Å². The second kappa shape index (κ2) is 9.84. The van der Waals surface area contributed by atoms with Crippen LogP contribution >= 0.6 is 0 Å². The van der Waals surface area contributed by atoms with Gasteiger partial charge >= 0.3 is 6.01 Å². The molecular formula is C25H27FN8O2. The Kier molecular flexibility index (Phi) is 6.45. The Bertz CT molecular complexity index is 1390. The predicted molar refractivity (Wildman–Crippen MR) is 131 cm³/mol. The number of pyridine rings is 2. The van der Waals surface area contributed by atoms with Crippen molar-refractivity contribution in [3.63, 3.8) is 0 Å². The van der Waals surface area contributed by atoms with Crippen LogP contribution < -0.4 is 10.1 Å². The zero-order valence-corrected chi connectivity index (χ0v) is 20.4. The molecule has 36 heavy (non-hydrogen) atoms. The summed E-state index contributed by atoms with van der Waals surface area (Å²) in [5.74, 6) is -0.302. The average Bonchev–Trinajstić information content (AvgIpc) is 3.35. The molecule has 0 fully saturated rings. The number of aryl methyl sites for hydroxylation is 2. The molecule has 4 aromatic rings. The van der Waals surface area contributed by atoms with Gasteiger partial charge in [0.15, 0.2) is 17.3 Å². The van der Waals surface area contributed by atoms with Crippen molar-refractivity contribution >= 4 is 17.4 Å². The van der Waals surface area contributed by atoms with Crippen LogP contribution in [0.2, 0.25) is 0 Å². The minimum Gasteiger partial charge on any atom is -0.467 e. The van der Waals surface area contributed by atoms with Crippen molar-refractivity contribution in [1.29, 1.82) is 0 Å². The van der Waals surface area contributed by atoms with Crippen LogP contribution in [0, 0.1) is 12.7 Å². The van der Waals surface area contributed by atoms with Crippen LogP contribution in [0.25, 0.3) is 17.0 Å². The first-order valence-electron chi connectivity index (χ1n) is 11.9. The van der Waals surface area contributed by atoms with Gasteiger partial charge in [-0.2, -0.15) is 4.98 Å². The lowest BCUT2D eigenvalue weighted by atomic mass is 10.0. The van der Waals surface area contributed by atoms with E-state index in [2.05, 4.69) is 31.4 Å². The van der Waals surface area contributed by atoms with E-state index in [1.165, 1.54) is 7.11 Å². The van der Waals surface area contributed by atoms with Gasteiger partial charge in [0.1, 0.15) is 5.82 Å². The molecule has 0 saturated carbocycles. The van der Waals surface area contributed by atoms with Crippen molar-refractivity contribution in [3.8, 4) is 17.4 Å². The number of aromatic nitrogens is 6. The second-order valence-corrected chi connectivity index (χ2v) is 8.77. The maximum absolute atomic E-state index is 14.4. The zero-order valence-electron chi connectivity index (χ0n) is 20.4. The highest BCUT2D eigenvalue weighted by molar-refractivity contribution is 5.83. The van der Waals surface area contributed by atoms with Crippen LogP contribution in [-0.4, -0.2) is 60.7 Å². The van der Waals surface area contributed by atoms with Crippen LogP contribution in [0.4, 0.5) is 10.2 Å². The number of nitrogens with one attached hydrogen (secondary N) is 1. The number of carbonyl (C=O) groups is 1. The van der Waals surface area contributed by atoms with Gasteiger partial charge < -0.3 is 15.0 Å². The molecule has 1 aliphatic heterocycles. The van der Waals surface area contributed by atoms with Crippen molar-refractivity contribution < 1.29 is 13.9 Å². The maximum Gasteiger partial charge on any atom is 0.316 e. The van der Waals surface area contributed by atoms with E-state index in [1.54, 1.807) is 16.3 Å². The normalized spacial score (nSPS) is 14.8. The summed E-state index contributed by atoms with van der Waals surface area (Å²) in [6.45, 7) is 4.35. The van der Waals surface area contributed by atoms with Gasteiger partial charge in [0.05, 0.1) is 37.3 Å². The molecule has 186 valence electrons. The maximum atomic E-state index is 14.4.